The summed E-state index contributed by atoms with van der Waals surface area (Å²) in [7, 11) is -3.62. The van der Waals surface area contributed by atoms with Crippen molar-refractivity contribution in [1.82, 2.24) is 4.31 Å². The monoisotopic (exact) mass is 492 g/mol. The third-order valence-electron chi connectivity index (χ3n) is 4.97. The van der Waals surface area contributed by atoms with Gasteiger partial charge in [0, 0.05) is 31.4 Å². The number of sulfonamides is 1. The Morgan fingerprint density at radius 2 is 1.53 bits per heavy atom. The molecular weight excluding hydrogens is 456 g/mol. The van der Waals surface area contributed by atoms with Crippen LogP contribution in [0.2, 0.25) is 0 Å². The number of carbonyl (C=O) groups excluding carboxylic acids is 1. The van der Waals surface area contributed by atoms with Gasteiger partial charge in [0.15, 0.2) is 11.5 Å². The zero-order valence-corrected chi connectivity index (χ0v) is 21.4. The lowest BCUT2D eigenvalue weighted by Gasteiger charge is -2.20. The number of anilines is 3. The fourth-order valence-corrected chi connectivity index (χ4v) is 4.88. The van der Waals surface area contributed by atoms with Crippen molar-refractivity contribution in [2.75, 3.05) is 55.3 Å². The number of rotatable bonds is 14. The van der Waals surface area contributed by atoms with Crippen molar-refractivity contribution < 1.29 is 22.7 Å². The van der Waals surface area contributed by atoms with Gasteiger partial charge in [-0.1, -0.05) is 13.8 Å². The van der Waals surface area contributed by atoms with Crippen LogP contribution in [-0.2, 0) is 14.8 Å². The third kappa shape index (κ3) is 7.01. The molecule has 0 aliphatic carbocycles. The lowest BCUT2D eigenvalue weighted by molar-refractivity contribution is -0.114. The molecule has 0 saturated heterocycles. The number of carbonyl (C=O) groups is 1. The van der Waals surface area contributed by atoms with E-state index in [2.05, 4.69) is 16.0 Å². The van der Waals surface area contributed by atoms with Crippen LogP contribution < -0.4 is 25.4 Å². The van der Waals surface area contributed by atoms with Crippen LogP contribution in [0.4, 0.5) is 17.1 Å². The highest BCUT2D eigenvalue weighted by Crippen LogP contribution is 2.31. The zero-order chi connectivity index (χ0) is 25.1. The molecule has 9 nitrogen and oxygen atoms in total. The number of ether oxygens (including phenoxy) is 2. The summed E-state index contributed by atoms with van der Waals surface area (Å²) in [6.07, 6.45) is 0. The first-order chi connectivity index (χ1) is 16.3. The summed E-state index contributed by atoms with van der Waals surface area (Å²) < 4.78 is 38.4. The minimum Gasteiger partial charge on any atom is -0.490 e. The Kier molecular flexibility index (Phi) is 10.5. The van der Waals surface area contributed by atoms with Crippen LogP contribution >= 0.6 is 0 Å². The second-order valence-electron chi connectivity index (χ2n) is 7.26. The van der Waals surface area contributed by atoms with Crippen molar-refractivity contribution in [3.63, 3.8) is 0 Å². The molecule has 2 aromatic carbocycles. The number of amides is 1. The first kappa shape index (κ1) is 27.3. The quantitative estimate of drug-likeness (QED) is 0.366. The van der Waals surface area contributed by atoms with Crippen LogP contribution in [0.25, 0.3) is 0 Å². The molecule has 0 heterocycles. The fraction of sp³-hybridized carbons (Fsp3) is 0.458. The average molecular weight is 493 g/mol. The topological polar surface area (TPSA) is 109 Å². The predicted molar refractivity (Wildman–Crippen MR) is 137 cm³/mol. The van der Waals surface area contributed by atoms with Gasteiger partial charge in [-0.15, -0.1) is 0 Å². The molecule has 0 bridgehead atoms. The van der Waals surface area contributed by atoms with E-state index in [9.17, 15) is 13.2 Å². The summed E-state index contributed by atoms with van der Waals surface area (Å²) in [6.45, 7) is 11.6. The van der Waals surface area contributed by atoms with E-state index in [1.165, 1.54) is 4.31 Å². The van der Waals surface area contributed by atoms with Gasteiger partial charge >= 0.3 is 0 Å². The molecule has 0 saturated carbocycles. The highest BCUT2D eigenvalue weighted by atomic mass is 32.2. The van der Waals surface area contributed by atoms with E-state index in [0.29, 0.717) is 61.4 Å². The molecule has 0 atom stereocenters. The summed E-state index contributed by atoms with van der Waals surface area (Å²) in [6, 6.07) is 10.1. The molecule has 10 heteroatoms. The Hall–Kier alpha value is -2.98. The molecule has 2 rings (SSSR count). The third-order valence-corrected chi connectivity index (χ3v) is 7.01. The molecule has 1 amide bonds. The Morgan fingerprint density at radius 3 is 2.15 bits per heavy atom. The molecule has 0 aliphatic heterocycles. The fourth-order valence-electron chi connectivity index (χ4n) is 3.40. The van der Waals surface area contributed by atoms with Crippen molar-refractivity contribution in [1.29, 1.82) is 0 Å². The molecule has 0 aliphatic rings. The molecule has 3 N–H and O–H groups in total. The Bertz CT molecular complexity index is 1060. The van der Waals surface area contributed by atoms with Gasteiger partial charge in [-0.2, -0.15) is 4.31 Å². The highest BCUT2D eigenvalue weighted by Gasteiger charge is 2.22. The second kappa shape index (κ2) is 13.0. The lowest BCUT2D eigenvalue weighted by atomic mass is 10.2. The van der Waals surface area contributed by atoms with Crippen molar-refractivity contribution >= 4 is 33.0 Å². The molecule has 0 spiro atoms. The molecular formula is C24H36N4O5S. The van der Waals surface area contributed by atoms with Crippen LogP contribution in [0, 0.1) is 0 Å². The van der Waals surface area contributed by atoms with Crippen molar-refractivity contribution in [2.45, 2.75) is 39.5 Å². The van der Waals surface area contributed by atoms with E-state index in [0.717, 1.165) is 0 Å². The maximum atomic E-state index is 12.9. The summed E-state index contributed by atoms with van der Waals surface area (Å²) in [5, 5.41) is 9.08. The number of hydrogen-bond donors (Lipinski definition) is 3. The van der Waals surface area contributed by atoms with Gasteiger partial charge < -0.3 is 25.4 Å². The summed E-state index contributed by atoms with van der Waals surface area (Å²) in [4.78, 5) is 12.8. The standard InChI is InChI=1S/C24H36N4O5S/c1-6-25-20-13-12-19(34(30,31)28(7-2)8-3)16-21(20)26-17-24(29)27-18-11-14-22(32-9-4)23(15-18)33-10-5/h11-16,25-26H,6-10,17H2,1-5H3,(H,27,29). The number of benzene rings is 2. The number of hydrogen-bond acceptors (Lipinski definition) is 7. The summed E-state index contributed by atoms with van der Waals surface area (Å²) in [5.41, 5.74) is 1.82. The minimum atomic E-state index is -3.62. The largest absolute Gasteiger partial charge is 0.490 e. The van der Waals surface area contributed by atoms with Crippen molar-refractivity contribution in [3.05, 3.63) is 36.4 Å². The maximum absolute atomic E-state index is 12.9. The molecule has 0 unspecified atom stereocenters. The van der Waals surface area contributed by atoms with Crippen molar-refractivity contribution in [3.8, 4) is 11.5 Å². The molecule has 188 valence electrons. The van der Waals surface area contributed by atoms with E-state index >= 15 is 0 Å². The maximum Gasteiger partial charge on any atom is 0.243 e. The van der Waals surface area contributed by atoms with Crippen LogP contribution in [-0.4, -0.2) is 58.0 Å². The Labute approximate surface area is 202 Å². The molecule has 0 fully saturated rings. The van der Waals surface area contributed by atoms with Crippen molar-refractivity contribution in [2.24, 2.45) is 0 Å². The number of nitrogens with zero attached hydrogens (tertiary/aromatic N) is 1. The second-order valence-corrected chi connectivity index (χ2v) is 9.19. The Morgan fingerprint density at radius 1 is 0.853 bits per heavy atom. The van der Waals surface area contributed by atoms with Gasteiger partial charge in [0.2, 0.25) is 15.9 Å². The van der Waals surface area contributed by atoms with E-state index in [4.69, 9.17) is 9.47 Å². The van der Waals surface area contributed by atoms with Gasteiger partial charge in [-0.25, -0.2) is 8.42 Å². The van der Waals surface area contributed by atoms with Gasteiger partial charge in [-0.05, 0) is 51.1 Å². The van der Waals surface area contributed by atoms with Gasteiger partial charge in [0.05, 0.1) is 36.0 Å². The van der Waals surface area contributed by atoms with Crippen LogP contribution in [0.5, 0.6) is 11.5 Å². The SMILES string of the molecule is CCNc1ccc(S(=O)(=O)N(CC)CC)cc1NCC(=O)Nc1ccc(OCC)c(OCC)c1. The van der Waals surface area contributed by atoms with Gasteiger partial charge in [-0.3, -0.25) is 4.79 Å². The summed E-state index contributed by atoms with van der Waals surface area (Å²) in [5.74, 6) is 0.881. The van der Waals surface area contributed by atoms with E-state index in [-0.39, 0.29) is 17.3 Å². The van der Waals surface area contributed by atoms with Crippen LogP contribution in [0.3, 0.4) is 0 Å². The first-order valence-corrected chi connectivity index (χ1v) is 13.1. The molecule has 2 aromatic rings. The number of nitrogens with one attached hydrogen (secondary N) is 3. The lowest BCUT2D eigenvalue weighted by Crippen LogP contribution is -2.30. The molecule has 0 radical (unpaired) electrons. The highest BCUT2D eigenvalue weighted by molar-refractivity contribution is 7.89. The van der Waals surface area contributed by atoms with E-state index < -0.39 is 10.0 Å². The van der Waals surface area contributed by atoms with Gasteiger partial charge in [0.1, 0.15) is 0 Å². The van der Waals surface area contributed by atoms with Crippen LogP contribution in [0.15, 0.2) is 41.3 Å². The minimum absolute atomic E-state index is 0.0512. The molecule has 34 heavy (non-hydrogen) atoms. The van der Waals surface area contributed by atoms with Crippen LogP contribution in [0.1, 0.15) is 34.6 Å². The Balaban J connectivity index is 2.18. The van der Waals surface area contributed by atoms with E-state index in [1.807, 2.05) is 20.8 Å². The summed E-state index contributed by atoms with van der Waals surface area (Å²) >= 11 is 0. The first-order valence-electron chi connectivity index (χ1n) is 11.6. The van der Waals surface area contributed by atoms with Gasteiger partial charge in [0.25, 0.3) is 0 Å². The molecule has 0 aromatic heterocycles. The normalized spacial score (nSPS) is 11.2. The van der Waals surface area contributed by atoms with E-state index in [1.54, 1.807) is 50.2 Å². The average Bonchev–Trinajstić information content (AvgIpc) is 2.81. The predicted octanol–water partition coefficient (Wildman–Crippen LogP) is 4.00. The zero-order valence-electron chi connectivity index (χ0n) is 20.6. The smallest absolute Gasteiger partial charge is 0.243 e.